The Kier molecular flexibility index (Phi) is 3.69. The first-order valence-electron chi connectivity index (χ1n) is 6.20. The van der Waals surface area contributed by atoms with Gasteiger partial charge in [-0.2, -0.15) is 4.98 Å². The predicted molar refractivity (Wildman–Crippen MR) is 87.0 cm³/mol. The van der Waals surface area contributed by atoms with Crippen molar-refractivity contribution >= 4 is 33.2 Å². The van der Waals surface area contributed by atoms with Crippen molar-refractivity contribution in [3.63, 3.8) is 0 Å². The van der Waals surface area contributed by atoms with Gasteiger partial charge in [0.25, 0.3) is 5.89 Å². The molecule has 3 rings (SSSR count). The van der Waals surface area contributed by atoms with E-state index in [-0.39, 0.29) is 0 Å². The van der Waals surface area contributed by atoms with E-state index in [4.69, 9.17) is 21.9 Å². The third kappa shape index (κ3) is 2.80. The van der Waals surface area contributed by atoms with Crippen molar-refractivity contribution in [2.24, 2.45) is 0 Å². The van der Waals surface area contributed by atoms with Crippen molar-refractivity contribution < 1.29 is 4.52 Å². The molecule has 0 unspecified atom stereocenters. The van der Waals surface area contributed by atoms with Gasteiger partial charge in [-0.1, -0.05) is 38.8 Å². The summed E-state index contributed by atoms with van der Waals surface area (Å²) in [6.07, 6.45) is 0. The Labute approximate surface area is 135 Å². The molecular weight excluding hydrogens is 354 g/mol. The average Bonchev–Trinajstić information content (AvgIpc) is 2.87. The largest absolute Gasteiger partial charge is 0.399 e. The number of rotatable bonds is 2. The highest BCUT2D eigenvalue weighted by Gasteiger charge is 2.15. The smallest absolute Gasteiger partial charge is 0.259 e. The van der Waals surface area contributed by atoms with E-state index in [9.17, 15) is 0 Å². The summed E-state index contributed by atoms with van der Waals surface area (Å²) in [5, 5.41) is 4.49. The SMILES string of the molecule is Cc1ccc(-c2noc(-c3ccc(N)cc3Cl)n2)c(Br)c1. The lowest BCUT2D eigenvalue weighted by Crippen LogP contribution is -1.87. The highest BCUT2D eigenvalue weighted by Crippen LogP contribution is 2.32. The first kappa shape index (κ1) is 14.1. The van der Waals surface area contributed by atoms with E-state index >= 15 is 0 Å². The third-order valence-electron chi connectivity index (χ3n) is 3.02. The highest BCUT2D eigenvalue weighted by atomic mass is 79.9. The third-order valence-corrected chi connectivity index (χ3v) is 3.98. The molecule has 0 saturated heterocycles. The molecule has 0 aliphatic rings. The number of halogens is 2. The zero-order valence-corrected chi connectivity index (χ0v) is 13.4. The maximum atomic E-state index is 6.15. The lowest BCUT2D eigenvalue weighted by atomic mass is 10.1. The summed E-state index contributed by atoms with van der Waals surface area (Å²) in [6.45, 7) is 2.02. The van der Waals surface area contributed by atoms with Crippen LogP contribution in [0, 0.1) is 6.92 Å². The molecule has 0 saturated carbocycles. The molecule has 4 nitrogen and oxygen atoms in total. The number of benzene rings is 2. The summed E-state index contributed by atoms with van der Waals surface area (Å²) in [6, 6.07) is 11.1. The van der Waals surface area contributed by atoms with Crippen molar-refractivity contribution in [2.45, 2.75) is 6.92 Å². The van der Waals surface area contributed by atoms with E-state index in [2.05, 4.69) is 26.1 Å². The van der Waals surface area contributed by atoms with Crippen molar-refractivity contribution in [2.75, 3.05) is 5.73 Å². The zero-order valence-electron chi connectivity index (χ0n) is 11.1. The minimum atomic E-state index is 0.363. The molecule has 1 heterocycles. The van der Waals surface area contributed by atoms with Gasteiger partial charge in [-0.05, 0) is 42.8 Å². The number of aromatic nitrogens is 2. The standard InChI is InChI=1S/C15H11BrClN3O/c1-8-2-4-10(12(16)6-8)14-19-15(21-20-14)11-5-3-9(18)7-13(11)17/h2-7H,18H2,1H3. The van der Waals surface area contributed by atoms with Crippen molar-refractivity contribution in [1.29, 1.82) is 0 Å². The van der Waals surface area contributed by atoms with Crippen LogP contribution < -0.4 is 5.73 Å². The van der Waals surface area contributed by atoms with Gasteiger partial charge in [0.05, 0.1) is 10.6 Å². The minimum absolute atomic E-state index is 0.363. The Morgan fingerprint density at radius 1 is 1.14 bits per heavy atom. The van der Waals surface area contributed by atoms with Crippen molar-refractivity contribution in [3.05, 3.63) is 51.5 Å². The normalized spacial score (nSPS) is 10.8. The van der Waals surface area contributed by atoms with Crippen LogP contribution in [0.3, 0.4) is 0 Å². The maximum absolute atomic E-state index is 6.15. The monoisotopic (exact) mass is 363 g/mol. The Morgan fingerprint density at radius 3 is 2.62 bits per heavy atom. The van der Waals surface area contributed by atoms with E-state index in [0.29, 0.717) is 28.0 Å². The van der Waals surface area contributed by atoms with Gasteiger partial charge < -0.3 is 10.3 Å². The van der Waals surface area contributed by atoms with E-state index in [1.165, 1.54) is 0 Å². The highest BCUT2D eigenvalue weighted by molar-refractivity contribution is 9.10. The van der Waals surface area contributed by atoms with Crippen LogP contribution in [0.5, 0.6) is 0 Å². The van der Waals surface area contributed by atoms with Crippen LogP contribution in [0.4, 0.5) is 5.69 Å². The van der Waals surface area contributed by atoms with Gasteiger partial charge in [-0.3, -0.25) is 0 Å². The number of hydrogen-bond donors (Lipinski definition) is 1. The van der Waals surface area contributed by atoms with Crippen LogP contribution in [-0.4, -0.2) is 10.1 Å². The number of hydrogen-bond acceptors (Lipinski definition) is 4. The van der Waals surface area contributed by atoms with Crippen molar-refractivity contribution in [3.8, 4) is 22.8 Å². The molecule has 0 aliphatic heterocycles. The summed E-state index contributed by atoms with van der Waals surface area (Å²) in [5.74, 6) is 0.868. The van der Waals surface area contributed by atoms with Crippen LogP contribution in [-0.2, 0) is 0 Å². The molecule has 2 aromatic carbocycles. The lowest BCUT2D eigenvalue weighted by molar-refractivity contribution is 0.432. The molecule has 0 amide bonds. The van der Waals surface area contributed by atoms with Crippen LogP contribution in [0.15, 0.2) is 45.4 Å². The maximum Gasteiger partial charge on any atom is 0.259 e. The zero-order chi connectivity index (χ0) is 15.0. The Morgan fingerprint density at radius 2 is 1.90 bits per heavy atom. The minimum Gasteiger partial charge on any atom is -0.399 e. The summed E-state index contributed by atoms with van der Waals surface area (Å²) < 4.78 is 6.22. The second-order valence-electron chi connectivity index (χ2n) is 4.65. The molecule has 0 bridgehead atoms. The quantitative estimate of drug-likeness (QED) is 0.669. The number of nitrogens with zero attached hydrogens (tertiary/aromatic N) is 2. The Balaban J connectivity index is 2.03. The van der Waals surface area contributed by atoms with E-state index < -0.39 is 0 Å². The molecule has 0 atom stereocenters. The van der Waals surface area contributed by atoms with Crippen LogP contribution in [0.1, 0.15) is 5.56 Å². The predicted octanol–water partition coefficient (Wildman–Crippen LogP) is 4.71. The summed E-state index contributed by atoms with van der Waals surface area (Å²) in [5.41, 5.74) is 8.94. The summed E-state index contributed by atoms with van der Waals surface area (Å²) >= 11 is 9.66. The number of aryl methyl sites for hydroxylation is 1. The molecule has 2 N–H and O–H groups in total. The topological polar surface area (TPSA) is 64.9 Å². The lowest BCUT2D eigenvalue weighted by Gasteiger charge is -2.00. The van der Waals surface area contributed by atoms with E-state index in [1.54, 1.807) is 18.2 Å². The molecule has 0 fully saturated rings. The van der Waals surface area contributed by atoms with Crippen LogP contribution in [0.2, 0.25) is 5.02 Å². The average molecular weight is 365 g/mol. The van der Waals surface area contributed by atoms with Crippen LogP contribution >= 0.6 is 27.5 Å². The second kappa shape index (κ2) is 5.50. The molecule has 0 spiro atoms. The van der Waals surface area contributed by atoms with Crippen LogP contribution in [0.25, 0.3) is 22.8 Å². The van der Waals surface area contributed by atoms with E-state index in [1.807, 2.05) is 25.1 Å². The molecule has 21 heavy (non-hydrogen) atoms. The van der Waals surface area contributed by atoms with Gasteiger partial charge in [0, 0.05) is 15.7 Å². The summed E-state index contributed by atoms with van der Waals surface area (Å²) in [7, 11) is 0. The first-order valence-corrected chi connectivity index (χ1v) is 7.37. The molecule has 1 aromatic heterocycles. The first-order chi connectivity index (χ1) is 10.0. The van der Waals surface area contributed by atoms with Gasteiger partial charge >= 0.3 is 0 Å². The molecule has 6 heteroatoms. The van der Waals surface area contributed by atoms with E-state index in [0.717, 1.165) is 15.6 Å². The van der Waals surface area contributed by atoms with Gasteiger partial charge in [-0.25, -0.2) is 0 Å². The molecular formula is C15H11BrClN3O. The fourth-order valence-electron chi connectivity index (χ4n) is 1.95. The second-order valence-corrected chi connectivity index (χ2v) is 5.91. The molecule has 0 aliphatic carbocycles. The number of nitrogens with two attached hydrogens (primary N) is 1. The number of anilines is 1. The van der Waals surface area contributed by atoms with Gasteiger partial charge in [0.2, 0.25) is 5.82 Å². The van der Waals surface area contributed by atoms with Gasteiger partial charge in [0.15, 0.2) is 0 Å². The van der Waals surface area contributed by atoms with Gasteiger partial charge in [-0.15, -0.1) is 0 Å². The molecule has 106 valence electrons. The molecule has 3 aromatic rings. The van der Waals surface area contributed by atoms with Gasteiger partial charge in [0.1, 0.15) is 0 Å². The van der Waals surface area contributed by atoms with Crippen molar-refractivity contribution in [1.82, 2.24) is 10.1 Å². The number of nitrogen functional groups attached to an aromatic ring is 1. The fourth-order valence-corrected chi connectivity index (χ4v) is 2.89. The molecule has 0 radical (unpaired) electrons. The fraction of sp³-hybridized carbons (Fsp3) is 0.0667. The Hall–Kier alpha value is -1.85. The summed E-state index contributed by atoms with van der Waals surface area (Å²) in [4.78, 5) is 4.40. The Bertz CT molecular complexity index is 750.